The van der Waals surface area contributed by atoms with Crippen LogP contribution in [0.2, 0.25) is 0 Å². The van der Waals surface area contributed by atoms with E-state index in [1.54, 1.807) is 0 Å². The molecular formula is C16H24O2. The van der Waals surface area contributed by atoms with Crippen LogP contribution in [0.15, 0.2) is 0 Å². The molecule has 0 saturated heterocycles. The van der Waals surface area contributed by atoms with Gasteiger partial charge in [0, 0.05) is 32.1 Å². The van der Waals surface area contributed by atoms with E-state index >= 15 is 0 Å². The van der Waals surface area contributed by atoms with Crippen LogP contribution in [0, 0.1) is 29.6 Å². The number of carboxylic acids is 1. The van der Waals surface area contributed by atoms with Crippen LogP contribution >= 0.6 is 0 Å². The molecule has 0 aromatic rings. The molecule has 1 N–H and O–H groups in total. The lowest BCUT2D eigenvalue weighted by molar-refractivity contribution is -0.137. The summed E-state index contributed by atoms with van der Waals surface area (Å²) in [5.41, 5.74) is 0. The highest BCUT2D eigenvalue weighted by Gasteiger charge is 1.93. The van der Waals surface area contributed by atoms with Crippen molar-refractivity contribution in [3.63, 3.8) is 0 Å². The number of unbranched alkanes of at least 4 members (excludes halogenated alkanes) is 3. The molecule has 0 aliphatic heterocycles. The highest BCUT2D eigenvalue weighted by Crippen LogP contribution is 2.04. The standard InChI is InChI=1S/C16H24O2/c1-15(2)13-11-9-7-5-3-4-6-8-10-12-14-16(17)18/h15H,3-4,9-14H2,1-2H3,(H,17,18). The Morgan fingerprint density at radius 2 is 1.44 bits per heavy atom. The van der Waals surface area contributed by atoms with Crippen LogP contribution in [0.5, 0.6) is 0 Å². The van der Waals surface area contributed by atoms with Crippen LogP contribution < -0.4 is 0 Å². The van der Waals surface area contributed by atoms with E-state index in [4.69, 9.17) is 5.11 Å². The van der Waals surface area contributed by atoms with Crippen molar-refractivity contribution in [1.29, 1.82) is 0 Å². The maximum absolute atomic E-state index is 10.2. The Bertz CT molecular complexity index is 334. The van der Waals surface area contributed by atoms with Crippen LogP contribution in [0.3, 0.4) is 0 Å². The predicted octanol–water partition coefficient (Wildman–Crippen LogP) is 3.85. The van der Waals surface area contributed by atoms with Gasteiger partial charge in [-0.15, -0.1) is 23.7 Å². The number of carbonyl (C=O) groups is 1. The molecule has 100 valence electrons. The lowest BCUT2D eigenvalue weighted by atomic mass is 10.1. The van der Waals surface area contributed by atoms with Gasteiger partial charge in [-0.05, 0) is 18.8 Å². The van der Waals surface area contributed by atoms with Crippen LogP contribution in [-0.4, -0.2) is 11.1 Å². The zero-order valence-electron chi connectivity index (χ0n) is 11.6. The minimum Gasteiger partial charge on any atom is -0.481 e. The number of hydrogen-bond acceptors (Lipinski definition) is 1. The van der Waals surface area contributed by atoms with Gasteiger partial charge in [0.15, 0.2) is 0 Å². The number of carboxylic acid groups (broad SMARTS) is 1. The highest BCUT2D eigenvalue weighted by atomic mass is 16.4. The van der Waals surface area contributed by atoms with Gasteiger partial charge in [0.25, 0.3) is 0 Å². The van der Waals surface area contributed by atoms with Crippen LogP contribution in [0.4, 0.5) is 0 Å². The molecule has 0 aromatic heterocycles. The summed E-state index contributed by atoms with van der Waals surface area (Å²) in [5, 5.41) is 8.42. The maximum atomic E-state index is 10.2. The fraction of sp³-hybridized carbons (Fsp3) is 0.688. The van der Waals surface area contributed by atoms with Gasteiger partial charge in [-0.2, -0.15) is 0 Å². The third-order valence-electron chi connectivity index (χ3n) is 2.40. The second kappa shape index (κ2) is 12.1. The second-order valence-electron chi connectivity index (χ2n) is 4.74. The van der Waals surface area contributed by atoms with E-state index < -0.39 is 5.97 Å². The molecule has 0 rings (SSSR count). The van der Waals surface area contributed by atoms with Gasteiger partial charge in [-0.1, -0.05) is 20.3 Å². The lowest BCUT2D eigenvalue weighted by Gasteiger charge is -1.99. The van der Waals surface area contributed by atoms with Gasteiger partial charge >= 0.3 is 5.97 Å². The molecular weight excluding hydrogens is 224 g/mol. The summed E-state index contributed by atoms with van der Waals surface area (Å²) in [4.78, 5) is 10.2. The molecule has 0 aliphatic rings. The van der Waals surface area contributed by atoms with E-state index in [2.05, 4.69) is 37.5 Å². The fourth-order valence-electron chi connectivity index (χ4n) is 1.41. The smallest absolute Gasteiger partial charge is 0.303 e. The summed E-state index contributed by atoms with van der Waals surface area (Å²) in [6.07, 6.45) is 6.58. The first-order chi connectivity index (χ1) is 8.63. The van der Waals surface area contributed by atoms with Gasteiger partial charge in [0.1, 0.15) is 0 Å². The second-order valence-corrected chi connectivity index (χ2v) is 4.74. The van der Waals surface area contributed by atoms with E-state index in [1.807, 2.05) is 0 Å². The molecule has 18 heavy (non-hydrogen) atoms. The van der Waals surface area contributed by atoms with E-state index in [0.717, 1.165) is 25.2 Å². The van der Waals surface area contributed by atoms with Crippen molar-refractivity contribution >= 4 is 5.97 Å². The monoisotopic (exact) mass is 248 g/mol. The summed E-state index contributed by atoms with van der Waals surface area (Å²) in [5.74, 6) is 12.3. The molecule has 0 bridgehead atoms. The fourth-order valence-corrected chi connectivity index (χ4v) is 1.41. The van der Waals surface area contributed by atoms with Gasteiger partial charge in [0.05, 0.1) is 0 Å². The van der Waals surface area contributed by atoms with E-state index in [-0.39, 0.29) is 6.42 Å². The molecule has 0 amide bonds. The van der Waals surface area contributed by atoms with Crippen molar-refractivity contribution in [1.82, 2.24) is 0 Å². The molecule has 2 nitrogen and oxygen atoms in total. The maximum Gasteiger partial charge on any atom is 0.303 e. The third-order valence-corrected chi connectivity index (χ3v) is 2.40. The predicted molar refractivity (Wildman–Crippen MR) is 75.0 cm³/mol. The van der Waals surface area contributed by atoms with Crippen molar-refractivity contribution in [3.05, 3.63) is 0 Å². The molecule has 0 spiro atoms. The Hall–Kier alpha value is -1.41. The van der Waals surface area contributed by atoms with Crippen molar-refractivity contribution in [2.24, 2.45) is 5.92 Å². The number of aliphatic carboxylic acids is 1. The largest absolute Gasteiger partial charge is 0.481 e. The van der Waals surface area contributed by atoms with E-state index in [1.165, 1.54) is 12.8 Å². The minimum absolute atomic E-state index is 0.213. The normalized spacial score (nSPS) is 9.28. The molecule has 0 atom stereocenters. The minimum atomic E-state index is -0.746. The van der Waals surface area contributed by atoms with Gasteiger partial charge in [0.2, 0.25) is 0 Å². The molecule has 0 heterocycles. The van der Waals surface area contributed by atoms with Gasteiger partial charge < -0.3 is 5.11 Å². The molecule has 0 fully saturated rings. The van der Waals surface area contributed by atoms with Crippen LogP contribution in [0.1, 0.15) is 65.2 Å². The topological polar surface area (TPSA) is 37.3 Å². The van der Waals surface area contributed by atoms with Crippen molar-refractivity contribution in [3.8, 4) is 23.7 Å². The average Bonchev–Trinajstić information content (AvgIpc) is 2.29. The highest BCUT2D eigenvalue weighted by molar-refractivity contribution is 5.66. The summed E-state index contributed by atoms with van der Waals surface area (Å²) >= 11 is 0. The van der Waals surface area contributed by atoms with E-state index in [0.29, 0.717) is 12.8 Å². The van der Waals surface area contributed by atoms with Gasteiger partial charge in [-0.3, -0.25) is 4.79 Å². The molecule has 0 unspecified atom stereocenters. The molecule has 0 saturated carbocycles. The van der Waals surface area contributed by atoms with E-state index in [9.17, 15) is 4.79 Å². The third kappa shape index (κ3) is 14.6. The summed E-state index contributed by atoms with van der Waals surface area (Å²) < 4.78 is 0. The first kappa shape index (κ1) is 16.6. The first-order valence-corrected chi connectivity index (χ1v) is 6.76. The van der Waals surface area contributed by atoms with Gasteiger partial charge in [-0.25, -0.2) is 0 Å². The zero-order valence-corrected chi connectivity index (χ0v) is 11.6. The molecule has 0 radical (unpaired) electrons. The first-order valence-electron chi connectivity index (χ1n) is 6.76. The Labute approximate surface area is 111 Å². The van der Waals surface area contributed by atoms with Crippen LogP contribution in [0.25, 0.3) is 0 Å². The molecule has 2 heteroatoms. The van der Waals surface area contributed by atoms with Crippen molar-refractivity contribution in [2.45, 2.75) is 65.2 Å². The summed E-state index contributed by atoms with van der Waals surface area (Å²) in [6, 6.07) is 0. The van der Waals surface area contributed by atoms with Crippen molar-refractivity contribution < 1.29 is 9.90 Å². The number of rotatable bonds is 7. The lowest BCUT2D eigenvalue weighted by Crippen LogP contribution is -1.92. The Balaban J connectivity index is 3.36. The quantitative estimate of drug-likeness (QED) is 0.549. The summed E-state index contributed by atoms with van der Waals surface area (Å²) in [6.45, 7) is 4.46. The number of hydrogen-bond donors (Lipinski definition) is 1. The zero-order chi connectivity index (χ0) is 13.6. The average molecular weight is 248 g/mol. The summed E-state index contributed by atoms with van der Waals surface area (Å²) in [7, 11) is 0. The molecule has 0 aliphatic carbocycles. The Kier molecular flexibility index (Phi) is 11.1. The Morgan fingerprint density at radius 1 is 0.944 bits per heavy atom. The van der Waals surface area contributed by atoms with Crippen molar-refractivity contribution in [2.75, 3.05) is 0 Å². The van der Waals surface area contributed by atoms with Crippen LogP contribution in [-0.2, 0) is 4.79 Å². The Morgan fingerprint density at radius 3 is 1.94 bits per heavy atom. The molecule has 0 aromatic carbocycles. The SMILES string of the molecule is CC(C)CCCC#CCCC#CCCCC(=O)O.